The van der Waals surface area contributed by atoms with Crippen LogP contribution in [0, 0.1) is 5.41 Å². The van der Waals surface area contributed by atoms with Crippen LogP contribution in [-0.4, -0.2) is 79.6 Å². The van der Waals surface area contributed by atoms with Gasteiger partial charge in [-0.25, -0.2) is 14.4 Å². The second kappa shape index (κ2) is 9.37. The van der Waals surface area contributed by atoms with Gasteiger partial charge < -0.3 is 23.8 Å². The van der Waals surface area contributed by atoms with Gasteiger partial charge in [0, 0.05) is 18.7 Å². The van der Waals surface area contributed by atoms with Gasteiger partial charge >= 0.3 is 23.9 Å². The summed E-state index contributed by atoms with van der Waals surface area (Å²) in [6.45, 7) is 1.23. The fraction of sp³-hybridized carbons (Fsp3) is 0.276. The predicted molar refractivity (Wildman–Crippen MR) is 138 cm³/mol. The molecule has 40 heavy (non-hydrogen) atoms. The van der Waals surface area contributed by atoms with Gasteiger partial charge in [-0.05, 0) is 17.2 Å². The van der Waals surface area contributed by atoms with Crippen molar-refractivity contribution in [2.75, 3.05) is 28.4 Å². The Kier molecular flexibility index (Phi) is 6.24. The lowest BCUT2D eigenvalue weighted by Crippen LogP contribution is -2.61. The molecule has 1 aromatic rings. The first-order chi connectivity index (χ1) is 19.2. The third kappa shape index (κ3) is 2.97. The summed E-state index contributed by atoms with van der Waals surface area (Å²) in [6.07, 6.45) is 8.23. The molecule has 0 aromatic heterocycles. The van der Waals surface area contributed by atoms with Crippen molar-refractivity contribution in [2.24, 2.45) is 5.41 Å². The van der Waals surface area contributed by atoms with Crippen LogP contribution in [0.5, 0.6) is 0 Å². The molecule has 1 amide bonds. The summed E-state index contributed by atoms with van der Waals surface area (Å²) in [6, 6.07) is 7.38. The van der Waals surface area contributed by atoms with Crippen LogP contribution in [0.1, 0.15) is 12.5 Å². The van der Waals surface area contributed by atoms with E-state index in [4.69, 9.17) is 18.9 Å². The molecule has 11 nitrogen and oxygen atoms in total. The van der Waals surface area contributed by atoms with Crippen LogP contribution in [0.25, 0.3) is 5.57 Å². The lowest BCUT2D eigenvalue weighted by molar-refractivity contribution is -0.166. The van der Waals surface area contributed by atoms with Crippen molar-refractivity contribution in [1.29, 1.82) is 0 Å². The lowest BCUT2D eigenvalue weighted by atomic mass is 9.60. The number of likely N-dealkylation sites (tertiary alicyclic amines) is 1. The molecule has 3 unspecified atom stereocenters. The molecule has 3 atom stereocenters. The van der Waals surface area contributed by atoms with Crippen molar-refractivity contribution in [3.8, 4) is 0 Å². The summed E-state index contributed by atoms with van der Waals surface area (Å²) in [5, 5.41) is 0. The maximum absolute atomic E-state index is 14.3. The Morgan fingerprint density at radius 3 is 2.05 bits per heavy atom. The van der Waals surface area contributed by atoms with Gasteiger partial charge in [-0.1, -0.05) is 48.6 Å². The standard InChI is InChI=1S/C29H26N2O9/c1-16(32)31-20-14-10-9-13-19-18(17-11-7-6-8-12-17)15-30-22(25(34)38-3)21(24(33)37-2)28(27(36)40-5,29(19,20)30)23(31)26(35)39-4/h6-15,23H,1-5H3. The number of benzene rings is 1. The van der Waals surface area contributed by atoms with Crippen LogP contribution in [-0.2, 0) is 42.9 Å². The highest BCUT2D eigenvalue weighted by atomic mass is 16.5. The van der Waals surface area contributed by atoms with E-state index < -0.39 is 52.4 Å². The summed E-state index contributed by atoms with van der Waals surface area (Å²) >= 11 is 0. The van der Waals surface area contributed by atoms with E-state index in [0.717, 1.165) is 33.3 Å². The lowest BCUT2D eigenvalue weighted by Gasteiger charge is -2.42. The zero-order chi connectivity index (χ0) is 29.0. The number of carbonyl (C=O) groups excluding carboxylic acids is 5. The topological polar surface area (TPSA) is 129 Å². The number of hydrogen-bond acceptors (Lipinski definition) is 10. The van der Waals surface area contributed by atoms with Gasteiger partial charge in [0.2, 0.25) is 5.91 Å². The number of ether oxygens (including phenoxy) is 4. The summed E-state index contributed by atoms with van der Waals surface area (Å²) in [7, 11) is 4.39. The summed E-state index contributed by atoms with van der Waals surface area (Å²) < 4.78 is 20.7. The monoisotopic (exact) mass is 546 g/mol. The van der Waals surface area contributed by atoms with Crippen molar-refractivity contribution >= 4 is 35.4 Å². The molecule has 4 aliphatic rings. The molecule has 0 saturated carbocycles. The molecule has 0 bridgehead atoms. The number of carbonyl (C=O) groups is 5. The van der Waals surface area contributed by atoms with Crippen LogP contribution in [0.3, 0.4) is 0 Å². The molecule has 1 spiro atoms. The van der Waals surface area contributed by atoms with Crippen LogP contribution in [0.4, 0.5) is 0 Å². The molecule has 1 aromatic carbocycles. The Balaban J connectivity index is 2.05. The van der Waals surface area contributed by atoms with E-state index in [1.54, 1.807) is 30.5 Å². The second-order valence-electron chi connectivity index (χ2n) is 9.33. The number of hydrogen-bond donors (Lipinski definition) is 0. The van der Waals surface area contributed by atoms with Gasteiger partial charge in [-0.2, -0.15) is 0 Å². The number of nitrogens with zero attached hydrogens (tertiary/aromatic N) is 2. The highest BCUT2D eigenvalue weighted by Gasteiger charge is 2.85. The van der Waals surface area contributed by atoms with Crippen molar-refractivity contribution < 1.29 is 42.9 Å². The van der Waals surface area contributed by atoms with Gasteiger partial charge in [0.1, 0.15) is 11.2 Å². The fourth-order valence-corrected chi connectivity index (χ4v) is 6.53. The summed E-state index contributed by atoms with van der Waals surface area (Å²) in [5.74, 6) is -4.73. The van der Waals surface area contributed by atoms with E-state index >= 15 is 0 Å². The normalized spacial score (nSPS) is 25.7. The van der Waals surface area contributed by atoms with E-state index in [0.29, 0.717) is 16.7 Å². The molecule has 3 heterocycles. The molecule has 1 fully saturated rings. The van der Waals surface area contributed by atoms with E-state index in [1.165, 1.54) is 11.8 Å². The van der Waals surface area contributed by atoms with Crippen LogP contribution < -0.4 is 0 Å². The number of rotatable bonds is 5. The molecule has 0 N–H and O–H groups in total. The summed E-state index contributed by atoms with van der Waals surface area (Å²) in [4.78, 5) is 71.1. The SMILES string of the molecule is COC(=O)C1=C(C(=O)OC)C2(C(=O)OC)C(C(=O)OC)N(C(C)=O)C3=CC=CC=C4C(c5ccccc5)=CN1C432. The first-order valence-electron chi connectivity index (χ1n) is 12.2. The van der Waals surface area contributed by atoms with Gasteiger partial charge in [-0.3, -0.25) is 14.5 Å². The zero-order valence-corrected chi connectivity index (χ0v) is 22.4. The number of allylic oxidation sites excluding steroid dienone is 4. The predicted octanol–water partition coefficient (Wildman–Crippen LogP) is 1.64. The first kappa shape index (κ1) is 26.7. The number of amides is 1. The maximum atomic E-state index is 14.3. The Morgan fingerprint density at radius 1 is 0.825 bits per heavy atom. The van der Waals surface area contributed by atoms with Gasteiger partial charge in [0.15, 0.2) is 11.5 Å². The Labute approximate surface area is 229 Å². The van der Waals surface area contributed by atoms with Crippen molar-refractivity contribution in [3.63, 3.8) is 0 Å². The Hall–Kier alpha value is -4.93. The first-order valence-corrected chi connectivity index (χ1v) is 12.2. The van der Waals surface area contributed by atoms with Crippen LogP contribution in [0.2, 0.25) is 0 Å². The van der Waals surface area contributed by atoms with Gasteiger partial charge in [0.05, 0.1) is 39.7 Å². The minimum atomic E-state index is -2.35. The van der Waals surface area contributed by atoms with E-state index in [-0.39, 0.29) is 11.4 Å². The number of methoxy groups -OCH3 is 4. The largest absolute Gasteiger partial charge is 0.468 e. The van der Waals surface area contributed by atoms with Crippen LogP contribution in [0.15, 0.2) is 83.4 Å². The number of esters is 4. The summed E-state index contributed by atoms with van der Waals surface area (Å²) in [5.41, 5.74) is -3.13. The van der Waals surface area contributed by atoms with Crippen molar-refractivity contribution in [3.05, 3.63) is 88.9 Å². The average Bonchev–Trinajstić information content (AvgIpc) is 3.47. The van der Waals surface area contributed by atoms with E-state index in [9.17, 15) is 24.0 Å². The average molecular weight is 547 g/mol. The molecule has 1 saturated heterocycles. The Morgan fingerprint density at radius 2 is 1.48 bits per heavy atom. The van der Waals surface area contributed by atoms with Crippen molar-refractivity contribution in [1.82, 2.24) is 9.80 Å². The molecule has 5 rings (SSSR count). The highest BCUT2D eigenvalue weighted by Crippen LogP contribution is 2.71. The molecular formula is C29H26N2O9. The Bertz CT molecular complexity index is 1520. The molecule has 3 aliphatic heterocycles. The molecule has 0 radical (unpaired) electrons. The maximum Gasteiger partial charge on any atom is 0.355 e. The molecule has 206 valence electrons. The highest BCUT2D eigenvalue weighted by molar-refractivity contribution is 6.15. The van der Waals surface area contributed by atoms with Gasteiger partial charge in [0.25, 0.3) is 0 Å². The van der Waals surface area contributed by atoms with E-state index in [1.807, 2.05) is 30.3 Å². The fourth-order valence-electron chi connectivity index (χ4n) is 6.53. The van der Waals surface area contributed by atoms with E-state index in [2.05, 4.69) is 0 Å². The third-order valence-electron chi connectivity index (χ3n) is 7.79. The molecule has 11 heteroatoms. The third-order valence-corrected chi connectivity index (χ3v) is 7.79. The van der Waals surface area contributed by atoms with Crippen LogP contribution >= 0.6 is 0 Å². The zero-order valence-electron chi connectivity index (χ0n) is 22.4. The molecular weight excluding hydrogens is 520 g/mol. The second-order valence-corrected chi connectivity index (χ2v) is 9.33. The minimum absolute atomic E-state index is 0.156. The quantitative estimate of drug-likeness (QED) is 0.397. The minimum Gasteiger partial charge on any atom is -0.468 e. The smallest absolute Gasteiger partial charge is 0.355 e. The van der Waals surface area contributed by atoms with Gasteiger partial charge in [-0.15, -0.1) is 0 Å². The molecule has 1 aliphatic carbocycles. The van der Waals surface area contributed by atoms with Crippen molar-refractivity contribution in [2.45, 2.75) is 18.5 Å².